The van der Waals surface area contributed by atoms with Gasteiger partial charge in [-0.25, -0.2) is 0 Å². The average Bonchev–Trinajstić information content (AvgIpc) is 2.35. The molecule has 0 aromatic heterocycles. The van der Waals surface area contributed by atoms with Crippen LogP contribution in [0.25, 0.3) is 0 Å². The molecule has 1 saturated heterocycles. The Hall–Kier alpha value is 0.790. The summed E-state index contributed by atoms with van der Waals surface area (Å²) in [6.07, 6.45) is 9.92. The van der Waals surface area contributed by atoms with E-state index in [4.69, 9.17) is 0 Å². The number of halogens is 1. The fourth-order valence-corrected chi connectivity index (χ4v) is 3.87. The minimum absolute atomic E-state index is 0.813. The molecule has 0 aliphatic carbocycles. The molecule has 102 valence electrons. The summed E-state index contributed by atoms with van der Waals surface area (Å²) >= 11 is 5.60. The van der Waals surface area contributed by atoms with Gasteiger partial charge in [-0.1, -0.05) is 48.0 Å². The molecule has 1 aliphatic rings. The van der Waals surface area contributed by atoms with E-state index in [1.807, 2.05) is 0 Å². The molecule has 1 aliphatic heterocycles. The molecule has 1 nitrogen and oxygen atoms in total. The van der Waals surface area contributed by atoms with E-state index in [1.54, 1.807) is 0 Å². The topological polar surface area (TPSA) is 3.24 Å². The second kappa shape index (κ2) is 10.7. The van der Waals surface area contributed by atoms with Gasteiger partial charge in [0.05, 0.1) is 0 Å². The molecule has 17 heavy (non-hydrogen) atoms. The molecule has 0 saturated carbocycles. The minimum Gasteiger partial charge on any atom is -0.299 e. The summed E-state index contributed by atoms with van der Waals surface area (Å²) in [5.41, 5.74) is 0. The third-order valence-corrected chi connectivity index (χ3v) is 5.33. The highest BCUT2D eigenvalue weighted by molar-refractivity contribution is 9.09. The third kappa shape index (κ3) is 7.74. The van der Waals surface area contributed by atoms with Gasteiger partial charge in [0, 0.05) is 29.4 Å². The smallest absolute Gasteiger partial charge is 0.0158 e. The molecule has 1 unspecified atom stereocenters. The van der Waals surface area contributed by atoms with E-state index in [-0.39, 0.29) is 0 Å². The predicted octanol–water partition coefficient (Wildman–Crippen LogP) is 4.55. The molecule has 0 aromatic carbocycles. The minimum atomic E-state index is 0.813. The largest absolute Gasteiger partial charge is 0.299 e. The number of rotatable bonds is 9. The van der Waals surface area contributed by atoms with Gasteiger partial charge in [-0.05, 0) is 26.3 Å². The summed E-state index contributed by atoms with van der Waals surface area (Å²) in [5, 5.41) is 1.18. The van der Waals surface area contributed by atoms with Crippen molar-refractivity contribution in [2.45, 2.75) is 57.9 Å². The highest BCUT2D eigenvalue weighted by Crippen LogP contribution is 2.17. The van der Waals surface area contributed by atoms with Crippen molar-refractivity contribution in [1.29, 1.82) is 0 Å². The number of alkyl halides is 1. The van der Waals surface area contributed by atoms with Gasteiger partial charge in [-0.15, -0.1) is 0 Å². The summed E-state index contributed by atoms with van der Waals surface area (Å²) in [6.45, 7) is 5.03. The Kier molecular flexibility index (Phi) is 9.96. The van der Waals surface area contributed by atoms with E-state index >= 15 is 0 Å². The van der Waals surface area contributed by atoms with Crippen LogP contribution in [-0.2, 0) is 0 Å². The number of unbranched alkanes of at least 4 members (excludes halogenated alkanes) is 6. The molecule has 0 bridgehead atoms. The van der Waals surface area contributed by atoms with Gasteiger partial charge in [-0.3, -0.25) is 4.90 Å². The Bertz CT molecular complexity index is 178. The molecule has 1 fully saturated rings. The Morgan fingerprint density at radius 2 is 1.71 bits per heavy atom. The van der Waals surface area contributed by atoms with Crippen LogP contribution in [0.2, 0.25) is 0 Å². The normalized spacial score (nSPS) is 21.9. The molecule has 0 aromatic rings. The van der Waals surface area contributed by atoms with Crippen LogP contribution < -0.4 is 0 Å². The van der Waals surface area contributed by atoms with Crippen LogP contribution in [0.1, 0.15) is 51.9 Å². The first-order valence-electron chi connectivity index (χ1n) is 7.22. The zero-order chi connectivity index (χ0) is 12.3. The maximum Gasteiger partial charge on any atom is 0.0158 e. The van der Waals surface area contributed by atoms with Crippen LogP contribution in [0.4, 0.5) is 0 Å². The zero-order valence-electron chi connectivity index (χ0n) is 11.3. The quantitative estimate of drug-likeness (QED) is 0.452. The molecular weight excluding hydrogens is 294 g/mol. The van der Waals surface area contributed by atoms with Gasteiger partial charge in [0.15, 0.2) is 0 Å². The lowest BCUT2D eigenvalue weighted by atomic mass is 10.1. The predicted molar refractivity (Wildman–Crippen MR) is 84.5 cm³/mol. The van der Waals surface area contributed by atoms with Crippen LogP contribution in [-0.4, -0.2) is 40.9 Å². The summed E-state index contributed by atoms with van der Waals surface area (Å²) in [4.78, 5) is 2.68. The van der Waals surface area contributed by atoms with Crippen molar-refractivity contribution in [2.75, 3.05) is 29.9 Å². The van der Waals surface area contributed by atoms with E-state index in [2.05, 4.69) is 39.5 Å². The van der Waals surface area contributed by atoms with Crippen LogP contribution in [0, 0.1) is 0 Å². The molecule has 1 atom stereocenters. The first-order chi connectivity index (χ1) is 8.34. The van der Waals surface area contributed by atoms with Crippen molar-refractivity contribution in [1.82, 2.24) is 4.90 Å². The average molecular weight is 322 g/mol. The summed E-state index contributed by atoms with van der Waals surface area (Å²) in [7, 11) is 0. The Balaban J connectivity index is 1.86. The van der Waals surface area contributed by atoms with E-state index in [0.29, 0.717) is 0 Å². The molecule has 0 radical (unpaired) electrons. The molecule has 3 heteroatoms. The number of hydrogen-bond acceptors (Lipinski definition) is 2. The van der Waals surface area contributed by atoms with Crippen LogP contribution in [0.15, 0.2) is 0 Å². The Morgan fingerprint density at radius 1 is 1.06 bits per heavy atom. The van der Waals surface area contributed by atoms with E-state index < -0.39 is 0 Å². The van der Waals surface area contributed by atoms with Crippen molar-refractivity contribution in [3.63, 3.8) is 0 Å². The first kappa shape index (κ1) is 15.8. The second-order valence-corrected chi connectivity index (χ2v) is 7.07. The van der Waals surface area contributed by atoms with E-state index in [0.717, 1.165) is 6.04 Å². The molecule has 1 heterocycles. The highest BCUT2D eigenvalue weighted by atomic mass is 79.9. The van der Waals surface area contributed by atoms with Gasteiger partial charge < -0.3 is 0 Å². The molecule has 0 amide bonds. The van der Waals surface area contributed by atoms with Crippen molar-refractivity contribution in [3.05, 3.63) is 0 Å². The number of nitrogens with zero attached hydrogens (tertiary/aromatic N) is 1. The molecular formula is C14H28BrNS. The standard InChI is InChI=1S/C14H28BrNS/c1-14-13-17-12-11-16(14)10-8-6-4-2-3-5-7-9-15/h14H,2-13H2,1H3. The fourth-order valence-electron chi connectivity index (χ4n) is 2.39. The third-order valence-electron chi connectivity index (χ3n) is 3.58. The van der Waals surface area contributed by atoms with Crippen molar-refractivity contribution in [3.8, 4) is 0 Å². The SMILES string of the molecule is CC1CSCCN1CCCCCCCCCBr. The lowest BCUT2D eigenvalue weighted by Gasteiger charge is -2.32. The Morgan fingerprint density at radius 3 is 2.35 bits per heavy atom. The van der Waals surface area contributed by atoms with Gasteiger partial charge >= 0.3 is 0 Å². The summed E-state index contributed by atoms with van der Waals surface area (Å²) in [5.74, 6) is 2.68. The number of thioether (sulfide) groups is 1. The number of hydrogen-bond donors (Lipinski definition) is 0. The monoisotopic (exact) mass is 321 g/mol. The molecule has 0 spiro atoms. The van der Waals surface area contributed by atoms with Crippen LogP contribution in [0.5, 0.6) is 0 Å². The molecule has 1 rings (SSSR count). The van der Waals surface area contributed by atoms with E-state index in [9.17, 15) is 0 Å². The second-order valence-electron chi connectivity index (χ2n) is 5.12. The van der Waals surface area contributed by atoms with E-state index in [1.165, 1.54) is 74.9 Å². The van der Waals surface area contributed by atoms with Crippen molar-refractivity contribution < 1.29 is 0 Å². The maximum atomic E-state index is 3.49. The van der Waals surface area contributed by atoms with Crippen LogP contribution >= 0.6 is 27.7 Å². The summed E-state index contributed by atoms with van der Waals surface area (Å²) < 4.78 is 0. The summed E-state index contributed by atoms with van der Waals surface area (Å²) in [6, 6.07) is 0.813. The van der Waals surface area contributed by atoms with Crippen molar-refractivity contribution in [2.24, 2.45) is 0 Å². The van der Waals surface area contributed by atoms with Gasteiger partial charge in [0.2, 0.25) is 0 Å². The maximum absolute atomic E-state index is 3.49. The lowest BCUT2D eigenvalue weighted by molar-refractivity contribution is 0.227. The highest BCUT2D eigenvalue weighted by Gasteiger charge is 2.17. The van der Waals surface area contributed by atoms with Crippen molar-refractivity contribution >= 4 is 27.7 Å². The Labute approximate surface area is 120 Å². The first-order valence-corrected chi connectivity index (χ1v) is 9.50. The molecule has 0 N–H and O–H groups in total. The van der Waals surface area contributed by atoms with Gasteiger partial charge in [0.25, 0.3) is 0 Å². The van der Waals surface area contributed by atoms with Crippen LogP contribution in [0.3, 0.4) is 0 Å². The lowest BCUT2D eigenvalue weighted by Crippen LogP contribution is -2.40. The fraction of sp³-hybridized carbons (Fsp3) is 1.00. The van der Waals surface area contributed by atoms with Gasteiger partial charge in [0.1, 0.15) is 0 Å². The van der Waals surface area contributed by atoms with Gasteiger partial charge in [-0.2, -0.15) is 11.8 Å². The zero-order valence-corrected chi connectivity index (χ0v) is 13.7.